The average Bonchev–Trinajstić information content (AvgIpc) is 3.30. The highest BCUT2D eigenvalue weighted by Crippen LogP contribution is 2.30. The predicted molar refractivity (Wildman–Crippen MR) is 137 cm³/mol. The first kappa shape index (κ1) is 22.9. The Hall–Kier alpha value is -3.91. The van der Waals surface area contributed by atoms with E-state index in [1.807, 2.05) is 78.1 Å². The van der Waals surface area contributed by atoms with E-state index >= 15 is 0 Å². The van der Waals surface area contributed by atoms with Crippen LogP contribution in [0.4, 0.5) is 0 Å². The number of thioether (sulfide) groups is 1. The molecule has 8 heteroatoms. The van der Waals surface area contributed by atoms with Gasteiger partial charge in [-0.1, -0.05) is 54.2 Å². The minimum absolute atomic E-state index is 0.00292. The normalized spacial score (nSPS) is 11.3. The van der Waals surface area contributed by atoms with Gasteiger partial charge >= 0.3 is 0 Å². The van der Waals surface area contributed by atoms with E-state index in [2.05, 4.69) is 10.2 Å². The van der Waals surface area contributed by atoms with Crippen molar-refractivity contribution in [3.8, 4) is 5.75 Å². The van der Waals surface area contributed by atoms with E-state index in [0.29, 0.717) is 40.8 Å². The van der Waals surface area contributed by atoms with Crippen molar-refractivity contribution in [2.45, 2.75) is 31.3 Å². The number of nitrogens with zero attached hydrogens (tertiary/aromatic N) is 4. The molecule has 0 saturated carbocycles. The van der Waals surface area contributed by atoms with Crippen LogP contribution >= 0.6 is 11.8 Å². The maximum absolute atomic E-state index is 13.4. The van der Waals surface area contributed by atoms with Crippen LogP contribution in [0, 0.1) is 0 Å². The molecule has 0 bridgehead atoms. The number of ketones is 1. The zero-order valence-corrected chi connectivity index (χ0v) is 20.3. The van der Waals surface area contributed by atoms with Crippen molar-refractivity contribution in [3.05, 3.63) is 99.8 Å². The van der Waals surface area contributed by atoms with Gasteiger partial charge in [-0.25, -0.2) is 0 Å². The molecule has 3 aromatic carbocycles. The molecule has 0 unspecified atom stereocenters. The molecule has 7 nitrogen and oxygen atoms in total. The third kappa shape index (κ3) is 4.44. The fourth-order valence-electron chi connectivity index (χ4n) is 4.09. The molecule has 0 N–H and O–H groups in total. The van der Waals surface area contributed by atoms with E-state index in [9.17, 15) is 9.59 Å². The van der Waals surface area contributed by atoms with Crippen LogP contribution in [0.3, 0.4) is 0 Å². The molecule has 35 heavy (non-hydrogen) atoms. The SMILES string of the molecule is CCOc1ccc(C(C)=O)cc1CSc1nnc2n(Cc3ccccc3)c(=O)c3ccccc3n12. The molecule has 0 spiro atoms. The van der Waals surface area contributed by atoms with Crippen LogP contribution in [0.25, 0.3) is 16.7 Å². The Morgan fingerprint density at radius 2 is 1.77 bits per heavy atom. The summed E-state index contributed by atoms with van der Waals surface area (Å²) in [6, 6.07) is 22.8. The zero-order chi connectivity index (χ0) is 24.4. The van der Waals surface area contributed by atoms with E-state index < -0.39 is 0 Å². The molecular formula is C27H24N4O3S. The van der Waals surface area contributed by atoms with E-state index in [1.165, 1.54) is 11.8 Å². The summed E-state index contributed by atoms with van der Waals surface area (Å²) < 4.78 is 9.38. The highest BCUT2D eigenvalue weighted by Gasteiger charge is 2.18. The van der Waals surface area contributed by atoms with Gasteiger partial charge in [-0.15, -0.1) is 10.2 Å². The number of hydrogen-bond acceptors (Lipinski definition) is 6. The van der Waals surface area contributed by atoms with Crippen LogP contribution < -0.4 is 10.3 Å². The summed E-state index contributed by atoms with van der Waals surface area (Å²) in [6.45, 7) is 4.41. The maximum Gasteiger partial charge on any atom is 0.263 e. The van der Waals surface area contributed by atoms with Crippen molar-refractivity contribution in [1.29, 1.82) is 0 Å². The third-order valence-corrected chi connectivity index (χ3v) is 6.76. The summed E-state index contributed by atoms with van der Waals surface area (Å²) in [6.07, 6.45) is 0. The van der Waals surface area contributed by atoms with Gasteiger partial charge in [0.1, 0.15) is 5.75 Å². The van der Waals surface area contributed by atoms with Crippen molar-refractivity contribution in [2.75, 3.05) is 6.61 Å². The van der Waals surface area contributed by atoms with Crippen LogP contribution in [0.1, 0.15) is 35.3 Å². The Labute approximate surface area is 206 Å². The fourth-order valence-corrected chi connectivity index (χ4v) is 5.00. The number of rotatable bonds is 8. The summed E-state index contributed by atoms with van der Waals surface area (Å²) in [7, 11) is 0. The Bertz CT molecular complexity index is 1590. The van der Waals surface area contributed by atoms with Crippen molar-refractivity contribution in [2.24, 2.45) is 0 Å². The summed E-state index contributed by atoms with van der Waals surface area (Å²) in [5.41, 5.74) is 3.20. The number of carbonyl (C=O) groups is 1. The number of Topliss-reactive ketones (excluding diaryl/α,β-unsaturated/α-hetero) is 1. The van der Waals surface area contributed by atoms with Crippen LogP contribution in [0.5, 0.6) is 5.75 Å². The van der Waals surface area contributed by atoms with E-state index in [4.69, 9.17) is 4.74 Å². The monoisotopic (exact) mass is 484 g/mol. The Balaban J connectivity index is 1.59. The number of hydrogen-bond donors (Lipinski definition) is 0. The fraction of sp³-hybridized carbons (Fsp3) is 0.185. The first-order chi connectivity index (χ1) is 17.1. The second-order valence-corrected chi connectivity index (χ2v) is 9.05. The van der Waals surface area contributed by atoms with Gasteiger partial charge in [-0.05, 0) is 49.7 Å². The molecule has 5 rings (SSSR count). The second-order valence-electron chi connectivity index (χ2n) is 8.11. The number of fused-ring (bicyclic) bond motifs is 3. The van der Waals surface area contributed by atoms with Crippen LogP contribution in [0.15, 0.2) is 82.7 Å². The lowest BCUT2D eigenvalue weighted by Crippen LogP contribution is -2.24. The van der Waals surface area contributed by atoms with Crippen LogP contribution in [-0.4, -0.2) is 31.6 Å². The Morgan fingerprint density at radius 1 is 1.00 bits per heavy atom. The van der Waals surface area contributed by atoms with Crippen molar-refractivity contribution in [3.63, 3.8) is 0 Å². The van der Waals surface area contributed by atoms with Crippen molar-refractivity contribution in [1.82, 2.24) is 19.2 Å². The molecule has 0 fully saturated rings. The largest absolute Gasteiger partial charge is 0.494 e. The highest BCUT2D eigenvalue weighted by atomic mass is 32.2. The lowest BCUT2D eigenvalue weighted by atomic mass is 10.1. The van der Waals surface area contributed by atoms with E-state index in [1.54, 1.807) is 17.6 Å². The smallest absolute Gasteiger partial charge is 0.263 e. The summed E-state index contributed by atoms with van der Waals surface area (Å²) >= 11 is 1.49. The summed E-state index contributed by atoms with van der Waals surface area (Å²) in [5.74, 6) is 1.76. The molecule has 176 valence electrons. The quantitative estimate of drug-likeness (QED) is 0.228. The predicted octanol–water partition coefficient (Wildman–Crippen LogP) is 4.99. The molecule has 0 aliphatic rings. The number of carbonyl (C=O) groups excluding carboxylic acids is 1. The molecule has 0 radical (unpaired) electrons. The number of para-hydroxylation sites is 1. The van der Waals surface area contributed by atoms with Gasteiger partial charge in [0, 0.05) is 16.9 Å². The molecule has 0 aliphatic heterocycles. The van der Waals surface area contributed by atoms with E-state index in [0.717, 1.165) is 22.4 Å². The zero-order valence-electron chi connectivity index (χ0n) is 19.5. The molecule has 0 saturated heterocycles. The van der Waals surface area contributed by atoms with Gasteiger partial charge in [0.05, 0.1) is 24.1 Å². The van der Waals surface area contributed by atoms with E-state index in [-0.39, 0.29) is 11.3 Å². The molecule has 0 amide bonds. The minimum atomic E-state index is -0.103. The molecule has 5 aromatic rings. The number of benzene rings is 3. The number of ether oxygens (including phenoxy) is 1. The molecule has 2 heterocycles. The minimum Gasteiger partial charge on any atom is -0.494 e. The third-order valence-electron chi connectivity index (χ3n) is 5.79. The second kappa shape index (κ2) is 9.76. The lowest BCUT2D eigenvalue weighted by Gasteiger charge is -2.13. The Morgan fingerprint density at radius 3 is 2.54 bits per heavy atom. The standard InChI is InChI=1S/C27H24N4O3S/c1-3-34-24-14-13-20(18(2)32)15-21(24)17-35-27-29-28-26-30(16-19-9-5-4-6-10-19)25(33)22-11-7-8-12-23(22)31(26)27/h4-15H,3,16-17H2,1-2H3. The van der Waals surface area contributed by atoms with Gasteiger partial charge in [-0.2, -0.15) is 0 Å². The summed E-state index contributed by atoms with van der Waals surface area (Å²) in [5, 5.41) is 10.1. The first-order valence-electron chi connectivity index (χ1n) is 11.4. The Kier molecular flexibility index (Phi) is 6.37. The summed E-state index contributed by atoms with van der Waals surface area (Å²) in [4.78, 5) is 25.3. The van der Waals surface area contributed by atoms with Gasteiger partial charge in [-0.3, -0.25) is 18.6 Å². The molecule has 0 atom stereocenters. The first-order valence-corrected chi connectivity index (χ1v) is 12.4. The lowest BCUT2D eigenvalue weighted by molar-refractivity contribution is 0.101. The maximum atomic E-state index is 13.4. The molecule has 2 aromatic heterocycles. The van der Waals surface area contributed by atoms with Crippen molar-refractivity contribution < 1.29 is 9.53 Å². The van der Waals surface area contributed by atoms with Crippen molar-refractivity contribution >= 4 is 34.2 Å². The topological polar surface area (TPSA) is 78.5 Å². The molecule has 0 aliphatic carbocycles. The van der Waals surface area contributed by atoms with Gasteiger partial charge in [0.15, 0.2) is 10.9 Å². The van der Waals surface area contributed by atoms with Gasteiger partial charge in [0.2, 0.25) is 5.78 Å². The molecular weight excluding hydrogens is 460 g/mol. The van der Waals surface area contributed by atoms with Gasteiger partial charge < -0.3 is 4.74 Å². The van der Waals surface area contributed by atoms with Crippen LogP contribution in [0.2, 0.25) is 0 Å². The highest BCUT2D eigenvalue weighted by molar-refractivity contribution is 7.98. The number of aromatic nitrogens is 4. The average molecular weight is 485 g/mol. The van der Waals surface area contributed by atoms with Crippen LogP contribution in [-0.2, 0) is 12.3 Å². The van der Waals surface area contributed by atoms with Gasteiger partial charge in [0.25, 0.3) is 5.56 Å².